The number of hydrogen-bond donors (Lipinski definition) is 1. The first-order chi connectivity index (χ1) is 7.79. The molecular formula is C13H18ClNS. The summed E-state index contributed by atoms with van der Waals surface area (Å²) in [6, 6.07) is 8.96. The van der Waals surface area contributed by atoms with Gasteiger partial charge in [0.1, 0.15) is 0 Å². The average molecular weight is 256 g/mol. The van der Waals surface area contributed by atoms with Gasteiger partial charge in [0, 0.05) is 22.9 Å². The van der Waals surface area contributed by atoms with Crippen LogP contribution in [0.3, 0.4) is 0 Å². The van der Waals surface area contributed by atoms with E-state index in [-0.39, 0.29) is 0 Å². The van der Waals surface area contributed by atoms with E-state index in [4.69, 9.17) is 11.6 Å². The first-order valence-corrected chi connectivity index (χ1v) is 7.48. The first-order valence-electron chi connectivity index (χ1n) is 5.81. The van der Waals surface area contributed by atoms with Gasteiger partial charge in [-0.2, -0.15) is 11.8 Å². The summed E-state index contributed by atoms with van der Waals surface area (Å²) in [4.78, 5) is 0. The lowest BCUT2D eigenvalue weighted by Crippen LogP contribution is -2.37. The van der Waals surface area contributed by atoms with Crippen LogP contribution in [0.4, 0.5) is 0 Å². The Labute approximate surface area is 107 Å². The van der Waals surface area contributed by atoms with Crippen LogP contribution in [0.1, 0.15) is 30.1 Å². The van der Waals surface area contributed by atoms with Crippen molar-refractivity contribution < 1.29 is 0 Å². The number of halogens is 1. The fraction of sp³-hybridized carbons (Fsp3) is 0.538. The lowest BCUT2D eigenvalue weighted by molar-refractivity contribution is 0.341. The molecule has 0 aliphatic heterocycles. The van der Waals surface area contributed by atoms with Crippen molar-refractivity contribution in [1.82, 2.24) is 5.32 Å². The molecule has 88 valence electrons. The fourth-order valence-corrected chi connectivity index (χ4v) is 2.81. The van der Waals surface area contributed by atoms with Crippen molar-refractivity contribution >= 4 is 23.4 Å². The van der Waals surface area contributed by atoms with Crippen molar-refractivity contribution in [3.8, 4) is 0 Å². The van der Waals surface area contributed by atoms with Gasteiger partial charge in [0.25, 0.3) is 0 Å². The lowest BCUT2D eigenvalue weighted by Gasteiger charge is -2.28. The zero-order valence-corrected chi connectivity index (χ0v) is 11.2. The Morgan fingerprint density at radius 3 is 2.88 bits per heavy atom. The van der Waals surface area contributed by atoms with Crippen molar-refractivity contribution in [2.75, 3.05) is 12.8 Å². The Morgan fingerprint density at radius 1 is 1.50 bits per heavy atom. The number of benzene rings is 1. The van der Waals surface area contributed by atoms with Gasteiger partial charge in [0.15, 0.2) is 0 Å². The molecule has 0 spiro atoms. The SMILES string of the molecule is CSC(CNC1CCC1)c1cccc(Cl)c1. The predicted octanol–water partition coefficient (Wildman–Crippen LogP) is 3.89. The van der Waals surface area contributed by atoms with Gasteiger partial charge in [0.05, 0.1) is 0 Å². The molecular weight excluding hydrogens is 238 g/mol. The highest BCUT2D eigenvalue weighted by Gasteiger charge is 2.18. The molecule has 1 fully saturated rings. The first kappa shape index (κ1) is 12.3. The molecule has 0 amide bonds. The molecule has 16 heavy (non-hydrogen) atoms. The highest BCUT2D eigenvalue weighted by molar-refractivity contribution is 7.98. The highest BCUT2D eigenvalue weighted by Crippen LogP contribution is 2.28. The normalized spacial score (nSPS) is 18.1. The van der Waals surface area contributed by atoms with Crippen LogP contribution < -0.4 is 5.32 Å². The third-order valence-electron chi connectivity index (χ3n) is 3.20. The number of nitrogens with one attached hydrogen (secondary N) is 1. The summed E-state index contributed by atoms with van der Waals surface area (Å²) in [6.45, 7) is 1.05. The number of hydrogen-bond acceptors (Lipinski definition) is 2. The highest BCUT2D eigenvalue weighted by atomic mass is 35.5. The van der Waals surface area contributed by atoms with Crippen molar-refractivity contribution in [2.45, 2.75) is 30.6 Å². The molecule has 0 heterocycles. The van der Waals surface area contributed by atoms with Gasteiger partial charge >= 0.3 is 0 Å². The van der Waals surface area contributed by atoms with E-state index in [1.165, 1.54) is 24.8 Å². The molecule has 1 aromatic rings. The summed E-state index contributed by atoms with van der Waals surface area (Å²) in [7, 11) is 0. The van der Waals surface area contributed by atoms with Crippen molar-refractivity contribution in [3.05, 3.63) is 34.9 Å². The maximum atomic E-state index is 6.02. The summed E-state index contributed by atoms with van der Waals surface area (Å²) in [5.41, 5.74) is 1.33. The van der Waals surface area contributed by atoms with Crippen LogP contribution in [0.5, 0.6) is 0 Å². The quantitative estimate of drug-likeness (QED) is 0.857. The molecule has 1 unspecified atom stereocenters. The smallest absolute Gasteiger partial charge is 0.0419 e. The second kappa shape index (κ2) is 5.95. The third kappa shape index (κ3) is 3.16. The topological polar surface area (TPSA) is 12.0 Å². The average Bonchev–Trinajstić information content (AvgIpc) is 2.22. The van der Waals surface area contributed by atoms with Crippen molar-refractivity contribution in [3.63, 3.8) is 0 Å². The molecule has 0 bridgehead atoms. The summed E-state index contributed by atoms with van der Waals surface area (Å²) < 4.78 is 0. The van der Waals surface area contributed by atoms with E-state index < -0.39 is 0 Å². The number of rotatable bonds is 5. The van der Waals surface area contributed by atoms with Gasteiger partial charge in [-0.3, -0.25) is 0 Å². The van der Waals surface area contributed by atoms with Crippen LogP contribution in [-0.4, -0.2) is 18.8 Å². The van der Waals surface area contributed by atoms with E-state index in [2.05, 4.69) is 23.7 Å². The van der Waals surface area contributed by atoms with Gasteiger partial charge in [-0.1, -0.05) is 30.2 Å². The Hall–Kier alpha value is -0.180. The molecule has 1 N–H and O–H groups in total. The van der Waals surface area contributed by atoms with Gasteiger partial charge in [-0.05, 0) is 36.8 Å². The van der Waals surface area contributed by atoms with Crippen LogP contribution >= 0.6 is 23.4 Å². The summed E-state index contributed by atoms with van der Waals surface area (Å²) in [5, 5.41) is 4.97. The minimum Gasteiger partial charge on any atom is -0.313 e. The Balaban J connectivity index is 1.92. The standard InChI is InChI=1S/C13H18ClNS/c1-16-13(9-15-12-6-3-7-12)10-4-2-5-11(14)8-10/h2,4-5,8,12-13,15H,3,6-7,9H2,1H3. The second-order valence-corrected chi connectivity index (χ2v) is 5.79. The van der Waals surface area contributed by atoms with E-state index in [1.54, 1.807) is 0 Å². The van der Waals surface area contributed by atoms with Gasteiger partial charge < -0.3 is 5.32 Å². The Morgan fingerprint density at radius 2 is 2.31 bits per heavy atom. The molecule has 1 nitrogen and oxygen atoms in total. The molecule has 1 aliphatic carbocycles. The maximum absolute atomic E-state index is 6.02. The monoisotopic (exact) mass is 255 g/mol. The van der Waals surface area contributed by atoms with Crippen LogP contribution in [0, 0.1) is 0 Å². The molecule has 1 saturated carbocycles. The summed E-state index contributed by atoms with van der Waals surface area (Å²) in [6.07, 6.45) is 6.24. The molecule has 1 aromatic carbocycles. The fourth-order valence-electron chi connectivity index (χ4n) is 1.93. The van der Waals surface area contributed by atoms with E-state index in [1.807, 2.05) is 23.9 Å². The Bertz CT molecular complexity index is 338. The minimum atomic E-state index is 0.513. The molecule has 0 saturated heterocycles. The largest absolute Gasteiger partial charge is 0.313 e. The zero-order chi connectivity index (χ0) is 11.4. The van der Waals surface area contributed by atoms with Crippen LogP contribution in [0.25, 0.3) is 0 Å². The molecule has 1 atom stereocenters. The Kier molecular flexibility index (Phi) is 4.56. The molecule has 1 aliphatic rings. The van der Waals surface area contributed by atoms with Crippen LogP contribution in [0.2, 0.25) is 5.02 Å². The molecule has 0 radical (unpaired) electrons. The molecule has 3 heteroatoms. The molecule has 0 aromatic heterocycles. The van der Waals surface area contributed by atoms with Gasteiger partial charge in [0.2, 0.25) is 0 Å². The summed E-state index contributed by atoms with van der Waals surface area (Å²) >= 11 is 7.90. The predicted molar refractivity (Wildman–Crippen MR) is 73.3 cm³/mol. The van der Waals surface area contributed by atoms with Gasteiger partial charge in [-0.25, -0.2) is 0 Å². The maximum Gasteiger partial charge on any atom is 0.0419 e. The van der Waals surface area contributed by atoms with E-state index in [0.717, 1.165) is 17.6 Å². The summed E-state index contributed by atoms with van der Waals surface area (Å²) in [5.74, 6) is 0. The second-order valence-electron chi connectivity index (χ2n) is 4.32. The minimum absolute atomic E-state index is 0.513. The number of thioether (sulfide) groups is 1. The van der Waals surface area contributed by atoms with E-state index in [9.17, 15) is 0 Å². The van der Waals surface area contributed by atoms with Crippen LogP contribution in [-0.2, 0) is 0 Å². The lowest BCUT2D eigenvalue weighted by atomic mass is 9.93. The molecule has 2 rings (SSSR count). The van der Waals surface area contributed by atoms with E-state index >= 15 is 0 Å². The van der Waals surface area contributed by atoms with Crippen molar-refractivity contribution in [1.29, 1.82) is 0 Å². The third-order valence-corrected chi connectivity index (χ3v) is 4.45. The zero-order valence-electron chi connectivity index (χ0n) is 9.58. The van der Waals surface area contributed by atoms with Crippen molar-refractivity contribution in [2.24, 2.45) is 0 Å². The van der Waals surface area contributed by atoms with Gasteiger partial charge in [-0.15, -0.1) is 0 Å². The van der Waals surface area contributed by atoms with Crippen LogP contribution in [0.15, 0.2) is 24.3 Å². The van der Waals surface area contributed by atoms with E-state index in [0.29, 0.717) is 5.25 Å².